The molecule has 1 fully saturated rings. The molecule has 0 radical (unpaired) electrons. The minimum Gasteiger partial charge on any atom is -0.497 e. The number of methoxy groups -OCH3 is 1. The number of nitrogens with one attached hydrogen (secondary N) is 2. The first-order valence-electron chi connectivity index (χ1n) is 8.81. The number of likely N-dealkylation sites (tertiary alicyclic amines) is 1. The summed E-state index contributed by atoms with van der Waals surface area (Å²) in [4.78, 5) is 14.5. The smallest absolute Gasteiger partial charge is 0.315 e. The first-order chi connectivity index (χ1) is 11.7. The van der Waals surface area contributed by atoms with Crippen molar-refractivity contribution in [2.75, 3.05) is 39.9 Å². The zero-order valence-electron chi connectivity index (χ0n) is 14.3. The highest BCUT2D eigenvalue weighted by Gasteiger charge is 2.21. The summed E-state index contributed by atoms with van der Waals surface area (Å²) in [6.45, 7) is 4.68. The fourth-order valence-electron chi connectivity index (χ4n) is 3.34. The van der Waals surface area contributed by atoms with Crippen LogP contribution in [0.3, 0.4) is 0 Å². The van der Waals surface area contributed by atoms with E-state index in [9.17, 15) is 4.79 Å². The highest BCUT2D eigenvalue weighted by atomic mass is 16.5. The second kappa shape index (κ2) is 8.24. The zero-order valence-corrected chi connectivity index (χ0v) is 14.3. The molecule has 1 saturated heterocycles. The predicted molar refractivity (Wildman–Crippen MR) is 92.8 cm³/mol. The Bertz CT molecular complexity index is 558. The molecule has 24 heavy (non-hydrogen) atoms. The van der Waals surface area contributed by atoms with E-state index >= 15 is 0 Å². The largest absolute Gasteiger partial charge is 0.497 e. The molecular formula is C18H27N3O3. The van der Waals surface area contributed by atoms with Crippen molar-refractivity contribution in [3.8, 4) is 11.5 Å². The summed E-state index contributed by atoms with van der Waals surface area (Å²) in [7, 11) is 1.65. The third kappa shape index (κ3) is 4.54. The Kier molecular flexibility index (Phi) is 5.80. The van der Waals surface area contributed by atoms with Gasteiger partial charge in [-0.15, -0.1) is 0 Å². The fraction of sp³-hybridized carbons (Fsp3) is 0.611. The summed E-state index contributed by atoms with van der Waals surface area (Å²) >= 11 is 0. The highest BCUT2D eigenvalue weighted by molar-refractivity contribution is 5.74. The second-order valence-electron chi connectivity index (χ2n) is 6.49. The van der Waals surface area contributed by atoms with Gasteiger partial charge in [-0.05, 0) is 69.1 Å². The minimum absolute atomic E-state index is 0.0109. The summed E-state index contributed by atoms with van der Waals surface area (Å²) in [5.41, 5.74) is 1.07. The van der Waals surface area contributed by atoms with E-state index in [1.54, 1.807) is 7.11 Å². The van der Waals surface area contributed by atoms with Gasteiger partial charge < -0.3 is 25.0 Å². The molecule has 1 aromatic carbocycles. The molecule has 2 aliphatic heterocycles. The molecule has 2 N–H and O–H groups in total. The van der Waals surface area contributed by atoms with Gasteiger partial charge in [0.1, 0.15) is 18.1 Å². The summed E-state index contributed by atoms with van der Waals surface area (Å²) in [6, 6.07) is 5.65. The molecule has 0 bridgehead atoms. The number of urea groups is 1. The lowest BCUT2D eigenvalue weighted by molar-refractivity contribution is 0.213. The number of rotatable bonds is 6. The molecule has 0 aliphatic carbocycles. The van der Waals surface area contributed by atoms with Crippen molar-refractivity contribution in [3.63, 3.8) is 0 Å². The van der Waals surface area contributed by atoms with Crippen LogP contribution >= 0.6 is 0 Å². The van der Waals surface area contributed by atoms with Crippen LogP contribution in [0.2, 0.25) is 0 Å². The fourth-order valence-corrected chi connectivity index (χ4v) is 3.34. The lowest BCUT2D eigenvalue weighted by Crippen LogP contribution is -2.47. The van der Waals surface area contributed by atoms with Gasteiger partial charge in [-0.3, -0.25) is 0 Å². The van der Waals surface area contributed by atoms with E-state index in [1.807, 2.05) is 18.2 Å². The van der Waals surface area contributed by atoms with Crippen molar-refractivity contribution >= 4 is 6.03 Å². The maximum absolute atomic E-state index is 12.0. The molecule has 0 spiro atoms. The van der Waals surface area contributed by atoms with E-state index in [4.69, 9.17) is 9.47 Å². The van der Waals surface area contributed by atoms with E-state index in [2.05, 4.69) is 15.5 Å². The molecule has 6 nitrogen and oxygen atoms in total. The molecule has 2 amide bonds. The highest BCUT2D eigenvalue weighted by Crippen LogP contribution is 2.28. The Morgan fingerprint density at radius 2 is 2.21 bits per heavy atom. The molecule has 0 saturated carbocycles. The van der Waals surface area contributed by atoms with Crippen molar-refractivity contribution < 1.29 is 14.3 Å². The number of carbonyl (C=O) groups is 1. The normalized spacial score (nSPS) is 20.1. The van der Waals surface area contributed by atoms with Gasteiger partial charge in [0, 0.05) is 6.54 Å². The standard InChI is InChI=1S/C18H27N3O3/c1-23-16-5-6-17-14(12-16)11-15(13-24-17)20-18(22)19-7-4-10-21-8-2-3-9-21/h5-6,12,15H,2-4,7-11,13H2,1H3,(H2,19,20,22)/t15-/m1/s1. The number of amides is 2. The van der Waals surface area contributed by atoms with E-state index in [0.717, 1.165) is 36.4 Å². The Hall–Kier alpha value is -1.95. The Labute approximate surface area is 143 Å². The molecular weight excluding hydrogens is 306 g/mol. The van der Waals surface area contributed by atoms with Gasteiger partial charge in [0.25, 0.3) is 0 Å². The summed E-state index contributed by atoms with van der Waals surface area (Å²) in [5.74, 6) is 1.68. The first kappa shape index (κ1) is 16.9. The summed E-state index contributed by atoms with van der Waals surface area (Å²) < 4.78 is 11.0. The molecule has 0 aromatic heterocycles. The van der Waals surface area contributed by atoms with Gasteiger partial charge in [-0.25, -0.2) is 4.79 Å². The van der Waals surface area contributed by atoms with Crippen LogP contribution in [0.5, 0.6) is 11.5 Å². The molecule has 1 atom stereocenters. The monoisotopic (exact) mass is 333 g/mol. The maximum Gasteiger partial charge on any atom is 0.315 e. The molecule has 132 valence electrons. The first-order valence-corrected chi connectivity index (χ1v) is 8.81. The van der Waals surface area contributed by atoms with Crippen molar-refractivity contribution in [2.24, 2.45) is 0 Å². The van der Waals surface area contributed by atoms with Crippen LogP contribution in [0.15, 0.2) is 18.2 Å². The Balaban J connectivity index is 1.38. The van der Waals surface area contributed by atoms with E-state index < -0.39 is 0 Å². The van der Waals surface area contributed by atoms with Gasteiger partial charge in [-0.2, -0.15) is 0 Å². The van der Waals surface area contributed by atoms with Crippen LogP contribution in [0.4, 0.5) is 4.79 Å². The van der Waals surface area contributed by atoms with Crippen molar-refractivity contribution in [2.45, 2.75) is 31.7 Å². The predicted octanol–water partition coefficient (Wildman–Crippen LogP) is 1.78. The van der Waals surface area contributed by atoms with E-state index in [0.29, 0.717) is 13.2 Å². The van der Waals surface area contributed by atoms with Gasteiger partial charge in [0.2, 0.25) is 0 Å². The maximum atomic E-state index is 12.0. The zero-order chi connectivity index (χ0) is 16.8. The molecule has 2 aliphatic rings. The third-order valence-electron chi connectivity index (χ3n) is 4.64. The number of ether oxygens (including phenoxy) is 2. The molecule has 6 heteroatoms. The van der Waals surface area contributed by atoms with E-state index in [1.165, 1.54) is 25.9 Å². The van der Waals surface area contributed by atoms with Crippen LogP contribution < -0.4 is 20.1 Å². The third-order valence-corrected chi connectivity index (χ3v) is 4.64. The van der Waals surface area contributed by atoms with Crippen LogP contribution in [0.1, 0.15) is 24.8 Å². The summed E-state index contributed by atoms with van der Waals surface area (Å²) in [5, 5.41) is 5.94. The average Bonchev–Trinajstić information content (AvgIpc) is 3.11. The van der Waals surface area contributed by atoms with Crippen LogP contribution in [-0.4, -0.2) is 56.9 Å². The lowest BCUT2D eigenvalue weighted by Gasteiger charge is -2.26. The second-order valence-corrected chi connectivity index (χ2v) is 6.49. The van der Waals surface area contributed by atoms with Gasteiger partial charge in [0.15, 0.2) is 0 Å². The number of fused-ring (bicyclic) bond motifs is 1. The summed E-state index contributed by atoms with van der Waals surface area (Å²) in [6.07, 6.45) is 4.37. The minimum atomic E-state index is -0.114. The topological polar surface area (TPSA) is 62.8 Å². The Morgan fingerprint density at radius 1 is 1.38 bits per heavy atom. The van der Waals surface area contributed by atoms with Crippen molar-refractivity contribution in [1.29, 1.82) is 0 Å². The van der Waals surface area contributed by atoms with Gasteiger partial charge >= 0.3 is 6.03 Å². The number of carbonyl (C=O) groups excluding carboxylic acids is 1. The van der Waals surface area contributed by atoms with Crippen LogP contribution in [-0.2, 0) is 6.42 Å². The van der Waals surface area contributed by atoms with E-state index in [-0.39, 0.29) is 12.1 Å². The number of hydrogen-bond donors (Lipinski definition) is 2. The quantitative estimate of drug-likeness (QED) is 0.779. The Morgan fingerprint density at radius 3 is 3.00 bits per heavy atom. The molecule has 2 heterocycles. The van der Waals surface area contributed by atoms with Crippen LogP contribution in [0, 0.1) is 0 Å². The number of benzene rings is 1. The molecule has 3 rings (SSSR count). The van der Waals surface area contributed by atoms with Gasteiger partial charge in [0.05, 0.1) is 13.2 Å². The SMILES string of the molecule is COc1ccc2c(c1)C[C@@H](NC(=O)NCCCN1CCCC1)CO2. The van der Waals surface area contributed by atoms with Crippen molar-refractivity contribution in [1.82, 2.24) is 15.5 Å². The van der Waals surface area contributed by atoms with Crippen molar-refractivity contribution in [3.05, 3.63) is 23.8 Å². The number of nitrogens with zero attached hydrogens (tertiary/aromatic N) is 1. The van der Waals surface area contributed by atoms with Crippen LogP contribution in [0.25, 0.3) is 0 Å². The number of hydrogen-bond acceptors (Lipinski definition) is 4. The lowest BCUT2D eigenvalue weighted by atomic mass is 10.0. The molecule has 1 aromatic rings. The average molecular weight is 333 g/mol. The molecule has 0 unspecified atom stereocenters. The van der Waals surface area contributed by atoms with Gasteiger partial charge in [-0.1, -0.05) is 0 Å².